The van der Waals surface area contributed by atoms with Crippen molar-refractivity contribution < 1.29 is 9.53 Å². The molecule has 2 aromatic heterocycles. The summed E-state index contributed by atoms with van der Waals surface area (Å²) in [5.41, 5.74) is 0.305. The summed E-state index contributed by atoms with van der Waals surface area (Å²) in [6, 6.07) is 1.59. The molecule has 0 radical (unpaired) electrons. The van der Waals surface area contributed by atoms with Crippen molar-refractivity contribution in [2.24, 2.45) is 7.05 Å². The molecule has 2 heterocycles. The Kier molecular flexibility index (Phi) is 3.40. The van der Waals surface area contributed by atoms with E-state index in [-0.39, 0.29) is 5.78 Å². The lowest BCUT2D eigenvalue weighted by Gasteiger charge is -2.00. The van der Waals surface area contributed by atoms with Gasteiger partial charge in [0.15, 0.2) is 0 Å². The van der Waals surface area contributed by atoms with Gasteiger partial charge in [-0.2, -0.15) is 10.2 Å². The molecule has 0 bridgehead atoms. The molecule has 0 saturated heterocycles. The maximum atomic E-state index is 12.2. The Morgan fingerprint density at radius 3 is 2.89 bits per heavy atom. The van der Waals surface area contributed by atoms with Crippen molar-refractivity contribution in [2.45, 2.75) is 19.9 Å². The van der Waals surface area contributed by atoms with Gasteiger partial charge in [-0.05, 0) is 6.42 Å². The van der Waals surface area contributed by atoms with E-state index in [9.17, 15) is 4.79 Å². The Morgan fingerprint density at radius 2 is 2.28 bits per heavy atom. The van der Waals surface area contributed by atoms with Crippen molar-refractivity contribution in [3.05, 3.63) is 23.9 Å². The Bertz CT molecular complexity index is 558. The highest BCUT2D eigenvalue weighted by Gasteiger charge is 2.20. The van der Waals surface area contributed by atoms with Gasteiger partial charge < -0.3 is 4.74 Å². The molecule has 7 nitrogen and oxygen atoms in total. The first-order chi connectivity index (χ1) is 8.67. The predicted molar refractivity (Wildman–Crippen MR) is 63.5 cm³/mol. The summed E-state index contributed by atoms with van der Waals surface area (Å²) >= 11 is 0. The Labute approximate surface area is 104 Å². The van der Waals surface area contributed by atoms with Gasteiger partial charge in [0, 0.05) is 19.7 Å². The lowest BCUT2D eigenvalue weighted by Crippen LogP contribution is -2.13. The van der Waals surface area contributed by atoms with E-state index in [1.807, 2.05) is 6.92 Å². The van der Waals surface area contributed by atoms with Crippen LogP contribution in [0.2, 0.25) is 0 Å². The summed E-state index contributed by atoms with van der Waals surface area (Å²) in [5, 5.41) is 8.12. The third-order valence-electron chi connectivity index (χ3n) is 2.53. The average Bonchev–Trinajstić information content (AvgIpc) is 2.95. The van der Waals surface area contributed by atoms with Crippen LogP contribution in [-0.4, -0.2) is 37.4 Å². The predicted octanol–water partition coefficient (Wildman–Crippen LogP) is 0.661. The normalized spacial score (nSPS) is 10.6. The molecule has 0 fully saturated rings. The van der Waals surface area contributed by atoms with Crippen LogP contribution in [0.4, 0.5) is 0 Å². The van der Waals surface area contributed by atoms with Gasteiger partial charge >= 0.3 is 0 Å². The van der Waals surface area contributed by atoms with Crippen molar-refractivity contribution in [2.75, 3.05) is 7.11 Å². The minimum absolute atomic E-state index is 0.250. The first kappa shape index (κ1) is 12.3. The highest BCUT2D eigenvalue weighted by Crippen LogP contribution is 2.14. The number of rotatable bonds is 5. The summed E-state index contributed by atoms with van der Waals surface area (Å²) in [4.78, 5) is 16.2. The second kappa shape index (κ2) is 4.99. The van der Waals surface area contributed by atoms with Gasteiger partial charge in [-0.3, -0.25) is 4.79 Å². The van der Waals surface area contributed by atoms with Crippen molar-refractivity contribution in [1.29, 1.82) is 0 Å². The van der Waals surface area contributed by atoms with E-state index in [1.54, 1.807) is 17.8 Å². The number of methoxy groups -OCH3 is 1. The first-order valence-corrected chi connectivity index (χ1v) is 5.68. The minimum atomic E-state index is -0.250. The fraction of sp³-hybridized carbons (Fsp3) is 0.455. The first-order valence-electron chi connectivity index (χ1n) is 5.68. The van der Waals surface area contributed by atoms with E-state index in [1.165, 1.54) is 18.1 Å². The van der Waals surface area contributed by atoms with Crippen LogP contribution in [0.3, 0.4) is 0 Å². The van der Waals surface area contributed by atoms with Crippen LogP contribution in [0.15, 0.2) is 12.4 Å². The van der Waals surface area contributed by atoms with E-state index in [4.69, 9.17) is 4.74 Å². The minimum Gasteiger partial charge on any atom is -0.481 e. The number of hydrogen-bond donors (Lipinski definition) is 0. The van der Waals surface area contributed by atoms with Gasteiger partial charge in [0.1, 0.15) is 12.0 Å². The monoisotopic (exact) mass is 249 g/mol. The molecule has 0 unspecified atom stereocenters. The zero-order valence-corrected chi connectivity index (χ0v) is 10.6. The van der Waals surface area contributed by atoms with Crippen LogP contribution in [-0.2, 0) is 13.6 Å². The lowest BCUT2D eigenvalue weighted by atomic mass is 10.2. The molecule has 0 aliphatic heterocycles. The number of carbonyl (C=O) groups is 1. The molecular weight excluding hydrogens is 234 g/mol. The molecule has 18 heavy (non-hydrogen) atoms. The maximum absolute atomic E-state index is 12.2. The molecule has 0 N–H and O–H groups in total. The Hall–Kier alpha value is -2.18. The van der Waals surface area contributed by atoms with E-state index >= 15 is 0 Å². The smallest absolute Gasteiger partial charge is 0.250 e. The van der Waals surface area contributed by atoms with E-state index in [2.05, 4.69) is 15.2 Å². The molecule has 2 aromatic rings. The van der Waals surface area contributed by atoms with Crippen LogP contribution in [0.25, 0.3) is 0 Å². The summed E-state index contributed by atoms with van der Waals surface area (Å²) in [6.07, 6.45) is 2.26. The van der Waals surface area contributed by atoms with Gasteiger partial charge in [0.25, 0.3) is 0 Å². The van der Waals surface area contributed by atoms with Crippen LogP contribution in [0.5, 0.6) is 5.88 Å². The van der Waals surface area contributed by atoms with Gasteiger partial charge in [-0.15, -0.1) is 0 Å². The number of ether oxygens (including phenoxy) is 1. The van der Waals surface area contributed by atoms with Crippen molar-refractivity contribution >= 4 is 5.78 Å². The molecule has 0 amide bonds. The summed E-state index contributed by atoms with van der Waals surface area (Å²) in [5.74, 6) is 0.581. The third-order valence-corrected chi connectivity index (χ3v) is 2.53. The molecule has 2 rings (SSSR count). The fourth-order valence-electron chi connectivity index (χ4n) is 1.68. The quantitative estimate of drug-likeness (QED) is 0.728. The van der Waals surface area contributed by atoms with Crippen LogP contribution >= 0.6 is 0 Å². The standard InChI is InChI=1S/C11H15N5O2/c1-4-5-16-11(12-7-13-16)10(17)8-6-9(18-3)15(2)14-8/h6-7H,4-5H2,1-3H3. The average molecular weight is 249 g/mol. The Balaban J connectivity index is 2.32. The number of hydrogen-bond acceptors (Lipinski definition) is 5. The number of carbonyl (C=O) groups excluding carboxylic acids is 1. The zero-order valence-electron chi connectivity index (χ0n) is 10.6. The summed E-state index contributed by atoms with van der Waals surface area (Å²) < 4.78 is 8.17. The van der Waals surface area contributed by atoms with E-state index in [0.717, 1.165) is 6.42 Å². The van der Waals surface area contributed by atoms with Crippen molar-refractivity contribution in [3.63, 3.8) is 0 Å². The molecule has 0 spiro atoms. The number of nitrogens with zero attached hydrogens (tertiary/aromatic N) is 5. The molecule has 0 atom stereocenters. The molecule has 0 aliphatic carbocycles. The van der Waals surface area contributed by atoms with E-state index < -0.39 is 0 Å². The highest BCUT2D eigenvalue weighted by atomic mass is 16.5. The van der Waals surface area contributed by atoms with Gasteiger partial charge in [0.2, 0.25) is 17.5 Å². The molecule has 0 saturated carbocycles. The molecule has 0 aliphatic rings. The fourth-order valence-corrected chi connectivity index (χ4v) is 1.68. The third kappa shape index (κ3) is 2.11. The van der Waals surface area contributed by atoms with E-state index in [0.29, 0.717) is 23.9 Å². The van der Waals surface area contributed by atoms with Crippen molar-refractivity contribution in [3.8, 4) is 5.88 Å². The maximum Gasteiger partial charge on any atom is 0.250 e. The van der Waals surface area contributed by atoms with Crippen LogP contribution < -0.4 is 4.74 Å². The van der Waals surface area contributed by atoms with Gasteiger partial charge in [0.05, 0.1) is 7.11 Å². The summed E-state index contributed by atoms with van der Waals surface area (Å²) in [7, 11) is 3.25. The van der Waals surface area contributed by atoms with Gasteiger partial charge in [-0.25, -0.2) is 14.3 Å². The second-order valence-corrected chi connectivity index (χ2v) is 3.83. The zero-order chi connectivity index (χ0) is 13.1. The van der Waals surface area contributed by atoms with Gasteiger partial charge in [-0.1, -0.05) is 6.92 Å². The molecule has 0 aromatic carbocycles. The number of ketones is 1. The second-order valence-electron chi connectivity index (χ2n) is 3.83. The molecular formula is C11H15N5O2. The lowest BCUT2D eigenvalue weighted by molar-refractivity contribution is 0.101. The topological polar surface area (TPSA) is 74.8 Å². The largest absolute Gasteiger partial charge is 0.481 e. The number of aryl methyl sites for hydroxylation is 2. The number of aromatic nitrogens is 5. The van der Waals surface area contributed by atoms with Crippen LogP contribution in [0, 0.1) is 0 Å². The van der Waals surface area contributed by atoms with Crippen molar-refractivity contribution in [1.82, 2.24) is 24.5 Å². The highest BCUT2D eigenvalue weighted by molar-refractivity contribution is 6.05. The summed E-state index contributed by atoms with van der Waals surface area (Å²) in [6.45, 7) is 2.67. The molecule has 96 valence electrons. The van der Waals surface area contributed by atoms with Crippen LogP contribution in [0.1, 0.15) is 29.7 Å². The molecule has 7 heteroatoms. The Morgan fingerprint density at radius 1 is 1.50 bits per heavy atom. The SMILES string of the molecule is CCCn1ncnc1C(=O)c1cc(OC)n(C)n1.